The summed E-state index contributed by atoms with van der Waals surface area (Å²) >= 11 is 0. The molecule has 0 fully saturated rings. The number of carbonyl (C=O) groups excluding carboxylic acids is 5. The van der Waals surface area contributed by atoms with E-state index in [1.54, 1.807) is 55.4 Å². The van der Waals surface area contributed by atoms with Gasteiger partial charge in [-0.05, 0) is 73.6 Å². The number of allylic oxidation sites excluding steroid dienone is 3. The molecule has 1 N–H and O–H groups in total. The van der Waals surface area contributed by atoms with Crippen LogP contribution in [0.3, 0.4) is 0 Å². The monoisotopic (exact) mass is 688 g/mol. The number of hydrogen-bond donors (Lipinski definition) is 1. The highest BCUT2D eigenvalue weighted by molar-refractivity contribution is 6.21. The van der Waals surface area contributed by atoms with Gasteiger partial charge in [0.05, 0.1) is 32.8 Å². The van der Waals surface area contributed by atoms with Crippen LogP contribution in [0.4, 0.5) is 0 Å². The zero-order valence-corrected chi connectivity index (χ0v) is 32.0. The van der Waals surface area contributed by atoms with E-state index >= 15 is 0 Å². The van der Waals surface area contributed by atoms with Gasteiger partial charge in [-0.3, -0.25) is 24.0 Å². The van der Waals surface area contributed by atoms with Crippen LogP contribution in [-0.4, -0.2) is 39.8 Å². The Kier molecular flexibility index (Phi) is 7.67. The smallest absolute Gasteiger partial charge is 0.264 e. The van der Waals surface area contributed by atoms with E-state index in [-0.39, 0.29) is 86.9 Å². The number of fused-ring (bicyclic) bond motifs is 6. The number of phenolic OH excluding ortho intramolecular Hbond substituents is 1. The lowest BCUT2D eigenvalue weighted by Crippen LogP contribution is -2.51. The van der Waals surface area contributed by atoms with Gasteiger partial charge in [0.1, 0.15) is 40.2 Å². The molecule has 1 aromatic carbocycles. The lowest BCUT2D eigenvalue weighted by Gasteiger charge is -2.45. The van der Waals surface area contributed by atoms with Crippen molar-refractivity contribution < 1.29 is 43.3 Å². The fourth-order valence-electron chi connectivity index (χ4n) is 9.26. The Bertz CT molecular complexity index is 1880. The van der Waals surface area contributed by atoms with Gasteiger partial charge in [-0.25, -0.2) is 0 Å². The number of ketones is 5. The van der Waals surface area contributed by atoms with Crippen LogP contribution < -0.4 is 9.47 Å². The maximum absolute atomic E-state index is 14.6. The van der Waals surface area contributed by atoms with Gasteiger partial charge < -0.3 is 19.3 Å². The van der Waals surface area contributed by atoms with E-state index in [0.717, 1.165) is 0 Å². The molecule has 0 radical (unpaired) electrons. The zero-order chi connectivity index (χ0) is 37.6. The lowest BCUT2D eigenvalue weighted by molar-refractivity contribution is -0.177. The Labute approximate surface area is 295 Å². The summed E-state index contributed by atoms with van der Waals surface area (Å²) in [5.74, 6) is -5.06. The molecule has 6 rings (SSSR count). The summed E-state index contributed by atoms with van der Waals surface area (Å²) in [6, 6.07) is 0. The highest BCUT2D eigenvalue weighted by atomic mass is 16.7. The van der Waals surface area contributed by atoms with E-state index in [9.17, 15) is 29.1 Å². The molecule has 0 saturated carbocycles. The summed E-state index contributed by atoms with van der Waals surface area (Å²) < 4.78 is 20.4. The Morgan fingerprint density at radius 3 is 1.70 bits per heavy atom. The molecule has 9 heteroatoms. The molecule has 0 spiro atoms. The Morgan fingerprint density at radius 2 is 1.20 bits per heavy atom. The fraction of sp³-hybridized carbons (Fsp3) is 0.634. The van der Waals surface area contributed by atoms with Crippen LogP contribution in [0.25, 0.3) is 0 Å². The Balaban J connectivity index is 1.78. The standard InChI is InChI=1S/C41H52O9/c1-17(2)15-20-22-28(43)24(21(42)16-18(3)4)30-25(29(22)48-33-23(20)31(44)37(7,8)35(46)39(33,11)12)27-26-32(45)38(9,10)36(47)40(13,14)34(26)50-41(27,49-30)19(5)6/h17-20,27,43H,15-16H2,1-14H3/t20-,27+,41-/m0/s1. The largest absolute Gasteiger partial charge is 0.507 e. The van der Waals surface area contributed by atoms with Gasteiger partial charge in [-0.15, -0.1) is 0 Å². The van der Waals surface area contributed by atoms with Crippen molar-refractivity contribution in [1.82, 2.24) is 0 Å². The molecular weight excluding hydrogens is 636 g/mol. The topological polar surface area (TPSA) is 133 Å². The summed E-state index contributed by atoms with van der Waals surface area (Å²) in [7, 11) is 0. The van der Waals surface area contributed by atoms with E-state index in [2.05, 4.69) is 0 Å². The average molecular weight is 689 g/mol. The van der Waals surface area contributed by atoms with Crippen LogP contribution in [0.2, 0.25) is 0 Å². The van der Waals surface area contributed by atoms with Crippen LogP contribution in [-0.2, 0) is 23.9 Å². The number of phenols is 1. The number of benzene rings is 1. The number of Topliss-reactive ketones (excluding diaryl/α,β-unsaturated/α-hetero) is 5. The van der Waals surface area contributed by atoms with Crippen LogP contribution in [0.15, 0.2) is 22.7 Å². The number of ether oxygens (including phenoxy) is 3. The van der Waals surface area contributed by atoms with Gasteiger partial charge in [0.15, 0.2) is 28.9 Å². The summed E-state index contributed by atoms with van der Waals surface area (Å²) in [4.78, 5) is 71.0. The van der Waals surface area contributed by atoms with Gasteiger partial charge in [0, 0.05) is 29.4 Å². The molecule has 0 amide bonds. The molecule has 5 aliphatic rings. The van der Waals surface area contributed by atoms with Crippen molar-refractivity contribution in [3.05, 3.63) is 39.4 Å². The fourth-order valence-corrected chi connectivity index (χ4v) is 9.26. The molecule has 3 atom stereocenters. The molecule has 0 aromatic heterocycles. The summed E-state index contributed by atoms with van der Waals surface area (Å²) in [5.41, 5.74) is -3.95. The van der Waals surface area contributed by atoms with Gasteiger partial charge in [0.25, 0.3) is 5.79 Å². The third kappa shape index (κ3) is 4.33. The highest BCUT2D eigenvalue weighted by Gasteiger charge is 2.70. The normalized spacial score (nSPS) is 28.3. The van der Waals surface area contributed by atoms with Crippen molar-refractivity contribution >= 4 is 28.9 Å². The molecular formula is C41H52O9. The van der Waals surface area contributed by atoms with Crippen LogP contribution >= 0.6 is 0 Å². The second kappa shape index (κ2) is 10.6. The summed E-state index contributed by atoms with van der Waals surface area (Å²) in [6.07, 6.45) is 0.505. The number of carbonyl (C=O) groups is 5. The minimum Gasteiger partial charge on any atom is -0.507 e. The molecule has 0 bridgehead atoms. The molecule has 3 aliphatic heterocycles. The lowest BCUT2D eigenvalue weighted by atomic mass is 9.59. The molecule has 9 nitrogen and oxygen atoms in total. The van der Waals surface area contributed by atoms with Crippen molar-refractivity contribution in [2.45, 2.75) is 127 Å². The first-order valence-corrected chi connectivity index (χ1v) is 18.0. The number of aromatic hydroxyl groups is 1. The summed E-state index contributed by atoms with van der Waals surface area (Å²) in [6.45, 7) is 25.1. The third-order valence-corrected chi connectivity index (χ3v) is 11.8. The molecule has 3 heterocycles. The second-order valence-corrected chi connectivity index (χ2v) is 18.3. The molecule has 50 heavy (non-hydrogen) atoms. The first-order chi connectivity index (χ1) is 22.8. The quantitative estimate of drug-likeness (QED) is 0.234. The predicted octanol–water partition coefficient (Wildman–Crippen LogP) is 7.92. The van der Waals surface area contributed by atoms with Crippen LogP contribution in [0.5, 0.6) is 17.2 Å². The maximum Gasteiger partial charge on any atom is 0.264 e. The first kappa shape index (κ1) is 36.1. The average Bonchev–Trinajstić information content (AvgIpc) is 3.51. The van der Waals surface area contributed by atoms with E-state index in [4.69, 9.17) is 14.2 Å². The Hall–Kier alpha value is -3.75. The van der Waals surface area contributed by atoms with E-state index in [1.807, 2.05) is 41.5 Å². The Morgan fingerprint density at radius 1 is 0.680 bits per heavy atom. The third-order valence-electron chi connectivity index (χ3n) is 11.8. The van der Waals surface area contributed by atoms with Crippen molar-refractivity contribution in [2.75, 3.05) is 0 Å². The van der Waals surface area contributed by atoms with Crippen molar-refractivity contribution in [1.29, 1.82) is 0 Å². The molecule has 0 saturated heterocycles. The van der Waals surface area contributed by atoms with Crippen molar-refractivity contribution in [2.24, 2.45) is 39.4 Å². The summed E-state index contributed by atoms with van der Waals surface area (Å²) in [5, 5.41) is 12.4. The molecule has 2 aliphatic carbocycles. The molecule has 270 valence electrons. The van der Waals surface area contributed by atoms with Crippen molar-refractivity contribution in [3.63, 3.8) is 0 Å². The van der Waals surface area contributed by atoms with Gasteiger partial charge in [0.2, 0.25) is 0 Å². The second-order valence-electron chi connectivity index (χ2n) is 18.3. The highest BCUT2D eigenvalue weighted by Crippen LogP contribution is 2.69. The minimum absolute atomic E-state index is 0.0292. The molecule has 0 unspecified atom stereocenters. The van der Waals surface area contributed by atoms with Crippen LogP contribution in [0.1, 0.15) is 143 Å². The van der Waals surface area contributed by atoms with Gasteiger partial charge >= 0.3 is 0 Å². The number of rotatable bonds is 6. The van der Waals surface area contributed by atoms with Gasteiger partial charge in [-0.1, -0.05) is 41.5 Å². The van der Waals surface area contributed by atoms with Crippen LogP contribution in [0, 0.1) is 39.4 Å². The molecule has 1 aromatic rings. The SMILES string of the molecule is CC(C)CC(=O)c1c(O)c2c(c3c1O[C@@]1(C(C)C)OC4=C(C(=O)C(C)(C)C(=O)C4(C)C)[C@@H]31)OC1=C(C(=O)C(C)(C)C(=O)C1(C)C)[C@H]2CC(C)C. The predicted molar refractivity (Wildman–Crippen MR) is 186 cm³/mol. The zero-order valence-electron chi connectivity index (χ0n) is 32.0. The van der Waals surface area contributed by atoms with E-state index in [1.165, 1.54) is 0 Å². The van der Waals surface area contributed by atoms with Gasteiger partial charge in [-0.2, -0.15) is 0 Å². The minimum atomic E-state index is -1.56. The number of hydrogen-bond acceptors (Lipinski definition) is 9. The first-order valence-electron chi connectivity index (χ1n) is 18.0. The van der Waals surface area contributed by atoms with E-state index in [0.29, 0.717) is 17.6 Å². The maximum atomic E-state index is 14.6. The van der Waals surface area contributed by atoms with Crippen molar-refractivity contribution in [3.8, 4) is 17.2 Å². The van der Waals surface area contributed by atoms with E-state index < -0.39 is 51.0 Å².